The predicted octanol–water partition coefficient (Wildman–Crippen LogP) is 2.72. The Balaban J connectivity index is 1.87. The van der Waals surface area contributed by atoms with Crippen molar-refractivity contribution in [2.24, 2.45) is 0 Å². The summed E-state index contributed by atoms with van der Waals surface area (Å²) in [5.41, 5.74) is 0.475. The van der Waals surface area contributed by atoms with Crippen molar-refractivity contribution in [2.75, 3.05) is 6.54 Å². The number of hydrogen-bond donors (Lipinski definition) is 1. The third kappa shape index (κ3) is 4.79. The molecule has 0 atom stereocenters. The first-order valence-corrected chi connectivity index (χ1v) is 7.27. The summed E-state index contributed by atoms with van der Waals surface area (Å²) in [5, 5.41) is 13.1. The van der Waals surface area contributed by atoms with Crippen LogP contribution in [0.15, 0.2) is 48.5 Å². The Labute approximate surface area is 142 Å². The van der Waals surface area contributed by atoms with Gasteiger partial charge in [0.2, 0.25) is 0 Å². The van der Waals surface area contributed by atoms with Gasteiger partial charge in [0.1, 0.15) is 18.2 Å². The zero-order valence-electron chi connectivity index (χ0n) is 12.4. The summed E-state index contributed by atoms with van der Waals surface area (Å²) in [6.07, 6.45) is 0. The molecule has 7 nitrogen and oxygen atoms in total. The van der Waals surface area contributed by atoms with Crippen LogP contribution in [-0.2, 0) is 16.1 Å². The third-order valence-electron chi connectivity index (χ3n) is 3.04. The molecule has 0 saturated heterocycles. The van der Waals surface area contributed by atoms with E-state index in [1.165, 1.54) is 12.1 Å². The van der Waals surface area contributed by atoms with E-state index < -0.39 is 16.8 Å². The normalized spacial score (nSPS) is 10.0. The summed E-state index contributed by atoms with van der Waals surface area (Å²) in [7, 11) is 0. The summed E-state index contributed by atoms with van der Waals surface area (Å²) in [4.78, 5) is 33.7. The second kappa shape index (κ2) is 8.07. The highest BCUT2D eigenvalue weighted by molar-refractivity contribution is 6.32. The van der Waals surface area contributed by atoms with Crippen LogP contribution in [0.3, 0.4) is 0 Å². The van der Waals surface area contributed by atoms with Crippen LogP contribution >= 0.6 is 11.6 Å². The standard InChI is InChI=1S/C16H13ClN2O5/c17-13-7-6-12(8-14(13)19(22)23)16(21)18-9-15(20)24-10-11-4-2-1-3-5-11/h1-8H,9-10H2,(H,18,21). The molecule has 0 radical (unpaired) electrons. The van der Waals surface area contributed by atoms with E-state index in [0.717, 1.165) is 11.6 Å². The fourth-order valence-electron chi connectivity index (χ4n) is 1.84. The number of benzene rings is 2. The van der Waals surface area contributed by atoms with Crippen molar-refractivity contribution >= 4 is 29.2 Å². The van der Waals surface area contributed by atoms with Crippen LogP contribution in [0.5, 0.6) is 0 Å². The number of carbonyl (C=O) groups is 2. The Bertz CT molecular complexity index is 764. The molecule has 0 saturated carbocycles. The van der Waals surface area contributed by atoms with Gasteiger partial charge in [-0.3, -0.25) is 19.7 Å². The van der Waals surface area contributed by atoms with Gasteiger partial charge in [-0.05, 0) is 17.7 Å². The number of ether oxygens (including phenoxy) is 1. The number of amides is 1. The van der Waals surface area contributed by atoms with Crippen LogP contribution in [0.1, 0.15) is 15.9 Å². The Morgan fingerprint density at radius 1 is 1.17 bits per heavy atom. The summed E-state index contributed by atoms with van der Waals surface area (Å²) >= 11 is 5.68. The van der Waals surface area contributed by atoms with Gasteiger partial charge in [0.15, 0.2) is 0 Å². The lowest BCUT2D eigenvalue weighted by Gasteiger charge is -2.07. The molecular weight excluding hydrogens is 336 g/mol. The SMILES string of the molecule is O=C(CNC(=O)c1ccc(Cl)c([N+](=O)[O-])c1)OCc1ccccc1. The van der Waals surface area contributed by atoms with Gasteiger partial charge in [0.25, 0.3) is 11.6 Å². The molecule has 2 aromatic rings. The first-order valence-electron chi connectivity index (χ1n) is 6.89. The molecule has 0 aliphatic rings. The number of carbonyl (C=O) groups excluding carboxylic acids is 2. The number of nitrogens with one attached hydrogen (secondary N) is 1. The van der Waals surface area contributed by atoms with Crippen LogP contribution in [-0.4, -0.2) is 23.3 Å². The summed E-state index contributed by atoms with van der Waals surface area (Å²) in [6.45, 7) is -0.246. The molecule has 0 bridgehead atoms. The maximum Gasteiger partial charge on any atom is 0.325 e. The molecule has 1 amide bonds. The van der Waals surface area contributed by atoms with Crippen LogP contribution in [0.25, 0.3) is 0 Å². The third-order valence-corrected chi connectivity index (χ3v) is 3.36. The second-order valence-electron chi connectivity index (χ2n) is 4.75. The van der Waals surface area contributed by atoms with E-state index in [-0.39, 0.29) is 29.4 Å². The number of nitrogens with zero attached hydrogens (tertiary/aromatic N) is 1. The number of halogens is 1. The van der Waals surface area contributed by atoms with Gasteiger partial charge in [-0.25, -0.2) is 0 Å². The zero-order chi connectivity index (χ0) is 17.5. The van der Waals surface area contributed by atoms with Gasteiger partial charge in [-0.2, -0.15) is 0 Å². The fourth-order valence-corrected chi connectivity index (χ4v) is 2.02. The average molecular weight is 349 g/mol. The van der Waals surface area contributed by atoms with Crippen LogP contribution in [0.2, 0.25) is 5.02 Å². The van der Waals surface area contributed by atoms with E-state index in [9.17, 15) is 19.7 Å². The molecule has 0 aromatic heterocycles. The lowest BCUT2D eigenvalue weighted by molar-refractivity contribution is -0.384. The Hall–Kier alpha value is -2.93. The van der Waals surface area contributed by atoms with Gasteiger partial charge in [0, 0.05) is 11.6 Å². The van der Waals surface area contributed by atoms with Crippen molar-refractivity contribution in [1.82, 2.24) is 5.32 Å². The molecule has 0 heterocycles. The van der Waals surface area contributed by atoms with Gasteiger partial charge in [-0.1, -0.05) is 41.9 Å². The zero-order valence-corrected chi connectivity index (χ0v) is 13.2. The smallest absolute Gasteiger partial charge is 0.325 e. The molecule has 0 spiro atoms. The molecule has 0 unspecified atom stereocenters. The molecule has 0 aliphatic heterocycles. The first kappa shape index (κ1) is 17.4. The fraction of sp³-hybridized carbons (Fsp3) is 0.125. The van der Waals surface area contributed by atoms with E-state index in [2.05, 4.69) is 5.32 Å². The molecular formula is C16H13ClN2O5. The highest BCUT2D eigenvalue weighted by atomic mass is 35.5. The lowest BCUT2D eigenvalue weighted by Crippen LogP contribution is -2.30. The van der Waals surface area contributed by atoms with E-state index in [4.69, 9.17) is 16.3 Å². The second-order valence-corrected chi connectivity index (χ2v) is 5.16. The number of nitro benzene ring substituents is 1. The van der Waals surface area contributed by atoms with Gasteiger partial charge in [0.05, 0.1) is 4.92 Å². The van der Waals surface area contributed by atoms with Crippen molar-refractivity contribution in [3.05, 3.63) is 74.8 Å². The molecule has 8 heteroatoms. The van der Waals surface area contributed by atoms with Crippen molar-refractivity contribution < 1.29 is 19.2 Å². The summed E-state index contributed by atoms with van der Waals surface area (Å²) in [5.74, 6) is -1.25. The molecule has 2 aromatic carbocycles. The van der Waals surface area contributed by atoms with Crippen LogP contribution < -0.4 is 5.32 Å². The average Bonchev–Trinajstić information content (AvgIpc) is 2.59. The van der Waals surface area contributed by atoms with E-state index in [0.29, 0.717) is 0 Å². The lowest BCUT2D eigenvalue weighted by atomic mass is 10.2. The molecule has 0 aliphatic carbocycles. The minimum atomic E-state index is -0.687. The monoisotopic (exact) mass is 348 g/mol. The molecule has 2 rings (SSSR count). The van der Waals surface area contributed by atoms with E-state index in [1.54, 1.807) is 12.1 Å². The maximum atomic E-state index is 11.9. The molecule has 24 heavy (non-hydrogen) atoms. The Morgan fingerprint density at radius 3 is 2.54 bits per heavy atom. The molecule has 0 fully saturated rings. The van der Waals surface area contributed by atoms with Gasteiger partial charge >= 0.3 is 5.97 Å². The van der Waals surface area contributed by atoms with Gasteiger partial charge in [-0.15, -0.1) is 0 Å². The van der Waals surface area contributed by atoms with E-state index >= 15 is 0 Å². The molecule has 124 valence electrons. The Kier molecular flexibility index (Phi) is 5.86. The van der Waals surface area contributed by atoms with Crippen molar-refractivity contribution in [1.29, 1.82) is 0 Å². The largest absolute Gasteiger partial charge is 0.460 e. The van der Waals surface area contributed by atoms with Gasteiger partial charge < -0.3 is 10.1 Å². The highest BCUT2D eigenvalue weighted by Gasteiger charge is 2.16. The van der Waals surface area contributed by atoms with Crippen molar-refractivity contribution in [3.8, 4) is 0 Å². The Morgan fingerprint density at radius 2 is 1.88 bits per heavy atom. The quantitative estimate of drug-likeness (QED) is 0.491. The van der Waals surface area contributed by atoms with E-state index in [1.807, 2.05) is 18.2 Å². The predicted molar refractivity (Wildman–Crippen MR) is 86.7 cm³/mol. The summed E-state index contributed by atoms with van der Waals surface area (Å²) in [6, 6.07) is 12.7. The minimum absolute atomic E-state index is 0.0296. The number of esters is 1. The van der Waals surface area contributed by atoms with Crippen LogP contribution in [0.4, 0.5) is 5.69 Å². The topological polar surface area (TPSA) is 98.5 Å². The van der Waals surface area contributed by atoms with Crippen molar-refractivity contribution in [2.45, 2.75) is 6.61 Å². The first-order chi connectivity index (χ1) is 11.5. The maximum absolute atomic E-state index is 11.9. The number of rotatable bonds is 6. The van der Waals surface area contributed by atoms with Crippen molar-refractivity contribution in [3.63, 3.8) is 0 Å². The number of nitro groups is 1. The van der Waals surface area contributed by atoms with Crippen LogP contribution in [0, 0.1) is 10.1 Å². The summed E-state index contributed by atoms with van der Waals surface area (Å²) < 4.78 is 5.01. The highest BCUT2D eigenvalue weighted by Crippen LogP contribution is 2.24. The number of hydrogen-bond acceptors (Lipinski definition) is 5. The minimum Gasteiger partial charge on any atom is -0.460 e. The molecule has 1 N–H and O–H groups in total.